The lowest BCUT2D eigenvalue weighted by Gasteiger charge is -1.99. The molecule has 0 aliphatic carbocycles. The van der Waals surface area contributed by atoms with Crippen molar-refractivity contribution < 1.29 is 8.42 Å². The van der Waals surface area contributed by atoms with Gasteiger partial charge < -0.3 is 0 Å². The fourth-order valence-corrected chi connectivity index (χ4v) is 2.30. The highest BCUT2D eigenvalue weighted by Gasteiger charge is 2.16. The van der Waals surface area contributed by atoms with Crippen molar-refractivity contribution in [2.75, 3.05) is 0 Å². The van der Waals surface area contributed by atoms with E-state index in [1.807, 2.05) is 0 Å². The maximum atomic E-state index is 11.0. The Labute approximate surface area is 116 Å². The highest BCUT2D eigenvalue weighted by atomic mass is 127. The molecule has 1 heterocycles. The number of nitrogens with two attached hydrogens (primary N) is 1. The van der Waals surface area contributed by atoms with E-state index >= 15 is 0 Å². The van der Waals surface area contributed by atoms with Gasteiger partial charge in [-0.15, -0.1) is 0 Å². The van der Waals surface area contributed by atoms with E-state index in [1.165, 1.54) is 0 Å². The molecule has 17 heavy (non-hydrogen) atoms. The Balaban J connectivity index is 2.55. The molecule has 0 fully saturated rings. The molecule has 0 amide bonds. The number of primary sulfonamides is 1. The summed E-state index contributed by atoms with van der Waals surface area (Å²) in [5, 5.41) is 11.1. The summed E-state index contributed by atoms with van der Waals surface area (Å²) in [4.78, 5) is 3.81. The molecule has 1 aromatic heterocycles. The third-order valence-corrected chi connectivity index (χ3v) is 3.80. The first kappa shape index (κ1) is 12.7. The Morgan fingerprint density at radius 1 is 1.41 bits per heavy atom. The van der Waals surface area contributed by atoms with Gasteiger partial charge in [-0.05, 0) is 40.8 Å². The first-order chi connectivity index (χ1) is 7.88. The Kier molecular flexibility index (Phi) is 3.39. The number of benzene rings is 1. The zero-order valence-corrected chi connectivity index (χ0v) is 11.9. The van der Waals surface area contributed by atoms with Crippen LogP contribution in [0.1, 0.15) is 0 Å². The molecule has 9 heteroatoms. The van der Waals surface area contributed by atoms with Crippen LogP contribution in [0.2, 0.25) is 5.02 Å². The van der Waals surface area contributed by atoms with Gasteiger partial charge >= 0.3 is 0 Å². The monoisotopic (exact) mass is 384 g/mol. The van der Waals surface area contributed by atoms with E-state index < -0.39 is 10.0 Å². The van der Waals surface area contributed by atoms with Crippen molar-refractivity contribution >= 4 is 44.2 Å². The first-order valence-corrected chi connectivity index (χ1v) is 7.29. The third kappa shape index (κ3) is 2.76. The van der Waals surface area contributed by atoms with Gasteiger partial charge in [0.1, 0.15) is 0 Å². The lowest BCUT2D eigenvalue weighted by molar-refractivity contribution is 0.589. The number of hydrogen-bond donors (Lipinski definition) is 2. The van der Waals surface area contributed by atoms with E-state index in [4.69, 9.17) is 16.7 Å². The number of hydrogen-bond acceptors (Lipinski definition) is 4. The molecule has 0 saturated heterocycles. The average molecular weight is 385 g/mol. The molecule has 0 spiro atoms. The Bertz CT molecular complexity index is 670. The lowest BCUT2D eigenvalue weighted by Crippen LogP contribution is -2.13. The standard InChI is InChI=1S/C8H6ClIN4O2S/c9-4-1-2-6(10)5(3-4)7-12-8(14-13-7)17(11,15)16/h1-3H,(H2,11,15,16)(H,12,13,14). The predicted molar refractivity (Wildman–Crippen MR) is 70.9 cm³/mol. The number of halogens is 2. The zero-order valence-electron chi connectivity index (χ0n) is 8.18. The molecular formula is C8H6ClIN4O2S. The lowest BCUT2D eigenvalue weighted by atomic mass is 10.2. The molecule has 0 radical (unpaired) electrons. The van der Waals surface area contributed by atoms with E-state index in [1.54, 1.807) is 18.2 Å². The molecule has 6 nitrogen and oxygen atoms in total. The molecule has 1 aromatic carbocycles. The van der Waals surface area contributed by atoms with Crippen LogP contribution in [0.4, 0.5) is 0 Å². The van der Waals surface area contributed by atoms with Crippen molar-refractivity contribution in [1.29, 1.82) is 0 Å². The Morgan fingerprint density at radius 3 is 2.71 bits per heavy atom. The fraction of sp³-hybridized carbons (Fsp3) is 0. The predicted octanol–water partition coefficient (Wildman–Crippen LogP) is 1.38. The van der Waals surface area contributed by atoms with Gasteiger partial charge in [-0.25, -0.2) is 18.7 Å². The number of aromatic amines is 1. The number of rotatable bonds is 2. The van der Waals surface area contributed by atoms with Crippen LogP contribution in [0.25, 0.3) is 11.4 Å². The summed E-state index contributed by atoms with van der Waals surface area (Å²) in [5.74, 6) is 0.237. The summed E-state index contributed by atoms with van der Waals surface area (Å²) in [6.45, 7) is 0. The van der Waals surface area contributed by atoms with Crippen LogP contribution in [-0.2, 0) is 10.0 Å². The van der Waals surface area contributed by atoms with Crippen molar-refractivity contribution in [3.8, 4) is 11.4 Å². The molecule has 2 rings (SSSR count). The minimum atomic E-state index is -3.88. The van der Waals surface area contributed by atoms with E-state index in [9.17, 15) is 8.42 Å². The number of nitrogens with zero attached hydrogens (tertiary/aromatic N) is 2. The SMILES string of the molecule is NS(=O)(=O)c1nc(-c2cc(Cl)ccc2I)n[nH]1. The average Bonchev–Trinajstić information content (AvgIpc) is 2.70. The summed E-state index contributed by atoms with van der Waals surface area (Å²) in [5.41, 5.74) is 0.643. The maximum Gasteiger partial charge on any atom is 0.273 e. The highest BCUT2D eigenvalue weighted by Crippen LogP contribution is 2.25. The van der Waals surface area contributed by atoms with Crippen molar-refractivity contribution in [2.45, 2.75) is 5.16 Å². The maximum absolute atomic E-state index is 11.0. The Hall–Kier alpha value is -0.710. The molecule has 0 atom stereocenters. The van der Waals surface area contributed by atoms with Gasteiger partial charge in [0.2, 0.25) is 0 Å². The molecule has 2 aromatic rings. The second-order valence-electron chi connectivity index (χ2n) is 3.13. The van der Waals surface area contributed by atoms with E-state index in [0.717, 1.165) is 3.57 Å². The van der Waals surface area contributed by atoms with E-state index in [2.05, 4.69) is 37.8 Å². The van der Waals surface area contributed by atoms with Crippen LogP contribution >= 0.6 is 34.2 Å². The second kappa shape index (κ2) is 4.52. The van der Waals surface area contributed by atoms with Crippen LogP contribution in [0.3, 0.4) is 0 Å². The summed E-state index contributed by atoms with van der Waals surface area (Å²) in [6, 6.07) is 5.16. The van der Waals surface area contributed by atoms with Crippen LogP contribution in [0.15, 0.2) is 23.4 Å². The van der Waals surface area contributed by atoms with Crippen LogP contribution < -0.4 is 5.14 Å². The summed E-state index contributed by atoms with van der Waals surface area (Å²) >= 11 is 7.93. The molecule has 90 valence electrons. The molecule has 0 aliphatic heterocycles. The quantitative estimate of drug-likeness (QED) is 0.764. The molecule has 0 aliphatic rings. The second-order valence-corrected chi connectivity index (χ2v) is 6.21. The highest BCUT2D eigenvalue weighted by molar-refractivity contribution is 14.1. The van der Waals surface area contributed by atoms with Gasteiger partial charge in [0.15, 0.2) is 5.82 Å². The van der Waals surface area contributed by atoms with Crippen LogP contribution in [0.5, 0.6) is 0 Å². The molecule has 0 saturated carbocycles. The topological polar surface area (TPSA) is 102 Å². The zero-order chi connectivity index (χ0) is 12.6. The fourth-order valence-electron chi connectivity index (χ4n) is 1.16. The third-order valence-electron chi connectivity index (χ3n) is 1.90. The molecule has 0 bridgehead atoms. The van der Waals surface area contributed by atoms with Crippen molar-refractivity contribution in [2.24, 2.45) is 5.14 Å². The molecule has 3 N–H and O–H groups in total. The largest absolute Gasteiger partial charge is 0.273 e. The van der Waals surface area contributed by atoms with Crippen molar-refractivity contribution in [1.82, 2.24) is 15.2 Å². The van der Waals surface area contributed by atoms with Gasteiger partial charge in [0, 0.05) is 14.2 Å². The van der Waals surface area contributed by atoms with E-state index in [0.29, 0.717) is 10.6 Å². The number of H-pyrrole nitrogens is 1. The summed E-state index contributed by atoms with van der Waals surface area (Å²) in [7, 11) is -3.88. The first-order valence-electron chi connectivity index (χ1n) is 4.28. The molecular weight excluding hydrogens is 379 g/mol. The molecule has 0 unspecified atom stereocenters. The number of nitrogens with one attached hydrogen (secondary N) is 1. The number of aromatic nitrogens is 3. The van der Waals surface area contributed by atoms with Crippen LogP contribution in [-0.4, -0.2) is 23.6 Å². The number of sulfonamides is 1. The van der Waals surface area contributed by atoms with Gasteiger partial charge in [-0.1, -0.05) is 11.6 Å². The van der Waals surface area contributed by atoms with Gasteiger partial charge in [-0.2, -0.15) is 10.1 Å². The van der Waals surface area contributed by atoms with Gasteiger partial charge in [0.25, 0.3) is 15.2 Å². The Morgan fingerprint density at radius 2 is 2.12 bits per heavy atom. The minimum absolute atomic E-state index is 0.237. The normalized spacial score (nSPS) is 11.7. The summed E-state index contributed by atoms with van der Waals surface area (Å²) < 4.78 is 22.9. The van der Waals surface area contributed by atoms with Crippen molar-refractivity contribution in [3.05, 3.63) is 26.8 Å². The summed E-state index contributed by atoms with van der Waals surface area (Å²) in [6.07, 6.45) is 0. The van der Waals surface area contributed by atoms with E-state index in [-0.39, 0.29) is 11.0 Å². The van der Waals surface area contributed by atoms with Gasteiger partial charge in [-0.3, -0.25) is 0 Å². The van der Waals surface area contributed by atoms with Crippen LogP contribution in [0, 0.1) is 3.57 Å². The van der Waals surface area contributed by atoms with Gasteiger partial charge in [0.05, 0.1) is 0 Å². The van der Waals surface area contributed by atoms with Crippen molar-refractivity contribution in [3.63, 3.8) is 0 Å². The minimum Gasteiger partial charge on any atom is -0.248 e. The smallest absolute Gasteiger partial charge is 0.248 e.